The molecule has 0 amide bonds. The van der Waals surface area contributed by atoms with Crippen molar-refractivity contribution in [1.29, 1.82) is 0 Å². The van der Waals surface area contributed by atoms with Crippen molar-refractivity contribution in [3.63, 3.8) is 0 Å². The third kappa shape index (κ3) is 3.36. The normalized spacial score (nSPS) is 11.4. The molecule has 0 aliphatic heterocycles. The van der Waals surface area contributed by atoms with Gasteiger partial charge in [0.1, 0.15) is 11.3 Å². The van der Waals surface area contributed by atoms with Gasteiger partial charge in [0, 0.05) is 12.1 Å². The second-order valence-electron chi connectivity index (χ2n) is 7.31. The lowest BCUT2D eigenvalue weighted by atomic mass is 10.0. The largest absolute Gasteiger partial charge is 0.481 e. The molecule has 5 heteroatoms. The Kier molecular flexibility index (Phi) is 4.59. The molecule has 0 fully saturated rings. The maximum absolute atomic E-state index is 10.9. The van der Waals surface area contributed by atoms with Gasteiger partial charge in [-0.3, -0.25) is 4.79 Å². The Bertz CT molecular complexity index is 1210. The van der Waals surface area contributed by atoms with Crippen molar-refractivity contribution in [3.8, 4) is 0 Å². The number of fused-ring (bicyclic) bond motifs is 2. The van der Waals surface area contributed by atoms with Crippen LogP contribution in [-0.4, -0.2) is 25.6 Å². The van der Waals surface area contributed by atoms with E-state index in [1.165, 1.54) is 5.56 Å². The Balaban J connectivity index is 1.74. The number of carbonyl (C=O) groups is 1. The number of carboxylic acid groups (broad SMARTS) is 1. The van der Waals surface area contributed by atoms with Crippen LogP contribution in [0.25, 0.3) is 21.9 Å². The number of rotatable bonds is 5. The minimum atomic E-state index is -0.812. The molecule has 4 rings (SSSR count). The zero-order valence-electron chi connectivity index (χ0n) is 16.4. The van der Waals surface area contributed by atoms with Gasteiger partial charge in [-0.1, -0.05) is 37.3 Å². The van der Waals surface area contributed by atoms with E-state index in [1.54, 1.807) is 0 Å². The molecular weight excluding hydrogens is 350 g/mol. The number of carboxylic acids is 1. The molecule has 0 radical (unpaired) electrons. The summed E-state index contributed by atoms with van der Waals surface area (Å²) in [7, 11) is 0. The third-order valence-electron chi connectivity index (χ3n) is 5.08. The Morgan fingerprint density at radius 1 is 1.00 bits per heavy atom. The molecule has 0 saturated carbocycles. The van der Waals surface area contributed by atoms with Crippen LogP contribution in [0, 0.1) is 13.8 Å². The molecule has 2 aromatic carbocycles. The van der Waals surface area contributed by atoms with Crippen LogP contribution in [0.15, 0.2) is 42.5 Å². The number of hydrogen-bond acceptors (Lipinski definition) is 3. The average Bonchev–Trinajstić information content (AvgIpc) is 2.99. The molecular formula is C23H23N3O2. The van der Waals surface area contributed by atoms with Crippen molar-refractivity contribution in [1.82, 2.24) is 14.5 Å². The molecule has 4 aromatic rings. The van der Waals surface area contributed by atoms with Crippen molar-refractivity contribution in [2.24, 2.45) is 0 Å². The zero-order chi connectivity index (χ0) is 19.8. The molecule has 0 atom stereocenters. The Labute approximate surface area is 163 Å². The Morgan fingerprint density at radius 3 is 2.36 bits per heavy atom. The summed E-state index contributed by atoms with van der Waals surface area (Å²) in [6, 6.07) is 14.2. The minimum Gasteiger partial charge on any atom is -0.481 e. The first-order valence-corrected chi connectivity index (χ1v) is 9.51. The van der Waals surface area contributed by atoms with E-state index in [4.69, 9.17) is 15.1 Å². The van der Waals surface area contributed by atoms with Crippen LogP contribution in [0.3, 0.4) is 0 Å². The van der Waals surface area contributed by atoms with Crippen molar-refractivity contribution >= 4 is 27.9 Å². The van der Waals surface area contributed by atoms with Crippen LogP contribution in [-0.2, 0) is 24.2 Å². The van der Waals surface area contributed by atoms with Gasteiger partial charge >= 0.3 is 5.97 Å². The van der Waals surface area contributed by atoms with Gasteiger partial charge in [0.15, 0.2) is 5.65 Å². The van der Waals surface area contributed by atoms with E-state index in [0.29, 0.717) is 6.54 Å². The number of pyridine rings is 1. The van der Waals surface area contributed by atoms with Crippen molar-refractivity contribution in [2.75, 3.05) is 0 Å². The fourth-order valence-electron chi connectivity index (χ4n) is 3.79. The minimum absolute atomic E-state index is 0.0446. The van der Waals surface area contributed by atoms with E-state index >= 15 is 0 Å². The maximum atomic E-state index is 10.9. The number of hydrogen-bond donors (Lipinski definition) is 1. The van der Waals surface area contributed by atoms with Crippen LogP contribution in [0.2, 0.25) is 0 Å². The third-order valence-corrected chi connectivity index (χ3v) is 5.08. The fraction of sp³-hybridized carbons (Fsp3) is 0.261. The van der Waals surface area contributed by atoms with E-state index in [0.717, 1.165) is 51.0 Å². The van der Waals surface area contributed by atoms with E-state index in [2.05, 4.69) is 42.7 Å². The summed E-state index contributed by atoms with van der Waals surface area (Å²) in [5.74, 6) is 0.223. The van der Waals surface area contributed by atoms with Crippen molar-refractivity contribution in [3.05, 3.63) is 70.7 Å². The highest BCUT2D eigenvalue weighted by molar-refractivity contribution is 5.85. The topological polar surface area (TPSA) is 68.0 Å². The lowest BCUT2D eigenvalue weighted by molar-refractivity contribution is -0.136. The van der Waals surface area contributed by atoms with Crippen LogP contribution >= 0.6 is 0 Å². The lowest BCUT2D eigenvalue weighted by Crippen LogP contribution is -2.05. The highest BCUT2D eigenvalue weighted by atomic mass is 16.4. The quantitative estimate of drug-likeness (QED) is 0.562. The van der Waals surface area contributed by atoms with E-state index < -0.39 is 5.97 Å². The maximum Gasteiger partial charge on any atom is 0.307 e. The number of aromatic nitrogens is 3. The SMILES string of the molecule is CCc1nc2c(C)cc(C)nc2n1Cc1ccc2cc(CC(=O)O)ccc2c1. The van der Waals surface area contributed by atoms with Gasteiger partial charge in [-0.2, -0.15) is 0 Å². The summed E-state index contributed by atoms with van der Waals surface area (Å²) in [6.07, 6.45) is 0.893. The Hall–Kier alpha value is -3.21. The van der Waals surface area contributed by atoms with Gasteiger partial charge in [-0.25, -0.2) is 9.97 Å². The number of benzene rings is 2. The fourth-order valence-corrected chi connectivity index (χ4v) is 3.79. The molecule has 2 heterocycles. The highest BCUT2D eigenvalue weighted by Crippen LogP contribution is 2.23. The number of nitrogens with zero attached hydrogens (tertiary/aromatic N) is 3. The summed E-state index contributed by atoms with van der Waals surface area (Å²) in [5.41, 5.74) is 6.05. The predicted molar refractivity (Wildman–Crippen MR) is 111 cm³/mol. The summed E-state index contributed by atoms with van der Waals surface area (Å²) < 4.78 is 2.20. The number of imidazole rings is 1. The van der Waals surface area contributed by atoms with E-state index in [1.807, 2.05) is 25.1 Å². The predicted octanol–water partition coefficient (Wildman–Crippen LogP) is 4.44. The van der Waals surface area contributed by atoms with E-state index in [-0.39, 0.29) is 6.42 Å². The van der Waals surface area contributed by atoms with Gasteiger partial charge < -0.3 is 9.67 Å². The number of aryl methyl sites for hydroxylation is 3. The van der Waals surface area contributed by atoms with Gasteiger partial charge in [-0.05, 0) is 53.4 Å². The van der Waals surface area contributed by atoms with Crippen LogP contribution in [0.5, 0.6) is 0 Å². The van der Waals surface area contributed by atoms with Crippen LogP contribution in [0.4, 0.5) is 0 Å². The molecule has 0 aliphatic carbocycles. The second-order valence-corrected chi connectivity index (χ2v) is 7.31. The summed E-state index contributed by atoms with van der Waals surface area (Å²) in [5, 5.41) is 11.1. The molecule has 28 heavy (non-hydrogen) atoms. The summed E-state index contributed by atoms with van der Waals surface area (Å²) >= 11 is 0. The van der Waals surface area contributed by atoms with Crippen molar-refractivity contribution < 1.29 is 9.90 Å². The monoisotopic (exact) mass is 373 g/mol. The molecule has 1 N–H and O–H groups in total. The van der Waals surface area contributed by atoms with Crippen LogP contribution in [0.1, 0.15) is 35.1 Å². The van der Waals surface area contributed by atoms with Gasteiger partial charge in [-0.15, -0.1) is 0 Å². The van der Waals surface area contributed by atoms with Crippen LogP contribution < -0.4 is 0 Å². The molecule has 5 nitrogen and oxygen atoms in total. The molecule has 2 aromatic heterocycles. The van der Waals surface area contributed by atoms with E-state index in [9.17, 15) is 4.79 Å². The number of aliphatic carboxylic acids is 1. The molecule has 0 bridgehead atoms. The first kappa shape index (κ1) is 18.2. The second kappa shape index (κ2) is 7.08. The standard InChI is InChI=1S/C23H23N3O2/c1-4-20-25-22-14(2)9-15(3)24-23(22)26(20)13-17-6-8-18-10-16(12-21(27)28)5-7-19(18)11-17/h5-11H,4,12-13H2,1-3H3,(H,27,28). The molecule has 0 aliphatic rings. The van der Waals surface area contributed by atoms with Gasteiger partial charge in [0.2, 0.25) is 0 Å². The molecule has 0 unspecified atom stereocenters. The lowest BCUT2D eigenvalue weighted by Gasteiger charge is -2.10. The summed E-state index contributed by atoms with van der Waals surface area (Å²) in [6.45, 7) is 6.92. The first-order chi connectivity index (χ1) is 13.4. The van der Waals surface area contributed by atoms with Crippen molar-refractivity contribution in [2.45, 2.75) is 40.2 Å². The smallest absolute Gasteiger partial charge is 0.307 e. The zero-order valence-corrected chi connectivity index (χ0v) is 16.4. The summed E-state index contributed by atoms with van der Waals surface area (Å²) in [4.78, 5) is 20.5. The van der Waals surface area contributed by atoms with Gasteiger partial charge in [0.05, 0.1) is 13.0 Å². The molecule has 0 spiro atoms. The first-order valence-electron chi connectivity index (χ1n) is 9.51. The Morgan fingerprint density at radius 2 is 1.68 bits per heavy atom. The average molecular weight is 373 g/mol. The highest BCUT2D eigenvalue weighted by Gasteiger charge is 2.14. The van der Waals surface area contributed by atoms with Gasteiger partial charge in [0.25, 0.3) is 0 Å². The molecule has 142 valence electrons. The molecule has 0 saturated heterocycles.